The molecule has 0 bridgehead atoms. The molecule has 0 aliphatic rings. The van der Waals surface area contributed by atoms with E-state index in [4.69, 9.17) is 18.0 Å². The Labute approximate surface area is 65.0 Å². The standard InChI is InChI=1S/C8H6ClN/c1-2-4-7-5-3-6-10-8(7)9/h1,3,5-6H,4H2. The third kappa shape index (κ3) is 1.49. The molecule has 1 aromatic rings. The van der Waals surface area contributed by atoms with Crippen LogP contribution in [0, 0.1) is 12.3 Å². The van der Waals surface area contributed by atoms with Crippen molar-refractivity contribution in [2.45, 2.75) is 6.42 Å². The molecule has 0 aliphatic heterocycles. The van der Waals surface area contributed by atoms with Crippen LogP contribution < -0.4 is 0 Å². The SMILES string of the molecule is C#CCc1cccnc1Cl. The maximum atomic E-state index is 5.70. The molecule has 50 valence electrons. The Bertz CT molecular complexity index is 262. The largest absolute Gasteiger partial charge is 0.244 e. The average Bonchev–Trinajstić information content (AvgIpc) is 1.94. The lowest BCUT2D eigenvalue weighted by Gasteiger charge is -1.94. The van der Waals surface area contributed by atoms with Gasteiger partial charge in [-0.1, -0.05) is 17.7 Å². The van der Waals surface area contributed by atoms with Crippen LogP contribution in [0.4, 0.5) is 0 Å². The molecule has 1 aromatic heterocycles. The van der Waals surface area contributed by atoms with Crippen LogP contribution in [0.3, 0.4) is 0 Å². The molecule has 0 radical (unpaired) electrons. The fourth-order valence-electron chi connectivity index (χ4n) is 0.661. The molecule has 2 heteroatoms. The first-order valence-electron chi connectivity index (χ1n) is 2.87. The second-order valence-corrected chi connectivity index (χ2v) is 2.19. The lowest BCUT2D eigenvalue weighted by molar-refractivity contribution is 1.21. The minimum absolute atomic E-state index is 0.500. The summed E-state index contributed by atoms with van der Waals surface area (Å²) in [4.78, 5) is 3.87. The van der Waals surface area contributed by atoms with Crippen LogP contribution in [0.15, 0.2) is 18.3 Å². The van der Waals surface area contributed by atoms with Crippen LogP contribution >= 0.6 is 11.6 Å². The molecule has 10 heavy (non-hydrogen) atoms. The molecule has 0 saturated carbocycles. The Morgan fingerprint density at radius 1 is 1.70 bits per heavy atom. The van der Waals surface area contributed by atoms with Gasteiger partial charge >= 0.3 is 0 Å². The molecule has 0 atom stereocenters. The summed E-state index contributed by atoms with van der Waals surface area (Å²) in [5.41, 5.74) is 0.909. The smallest absolute Gasteiger partial charge is 0.133 e. The van der Waals surface area contributed by atoms with Crippen molar-refractivity contribution in [2.24, 2.45) is 0 Å². The van der Waals surface area contributed by atoms with Crippen molar-refractivity contribution in [3.05, 3.63) is 29.0 Å². The Morgan fingerprint density at radius 2 is 2.50 bits per heavy atom. The third-order valence-corrected chi connectivity index (χ3v) is 1.47. The van der Waals surface area contributed by atoms with Crippen molar-refractivity contribution in [2.75, 3.05) is 0 Å². The van der Waals surface area contributed by atoms with Gasteiger partial charge in [-0.25, -0.2) is 4.98 Å². The number of rotatable bonds is 1. The highest BCUT2D eigenvalue weighted by Gasteiger charge is 1.95. The van der Waals surface area contributed by atoms with E-state index in [9.17, 15) is 0 Å². The van der Waals surface area contributed by atoms with Gasteiger partial charge in [-0.05, 0) is 6.07 Å². The van der Waals surface area contributed by atoms with Gasteiger partial charge in [-0.2, -0.15) is 0 Å². The number of hydrogen-bond acceptors (Lipinski definition) is 1. The zero-order valence-electron chi connectivity index (χ0n) is 5.34. The van der Waals surface area contributed by atoms with Crippen LogP contribution in [-0.4, -0.2) is 4.98 Å². The number of aromatic nitrogens is 1. The van der Waals surface area contributed by atoms with Crippen molar-refractivity contribution in [1.82, 2.24) is 4.98 Å². The van der Waals surface area contributed by atoms with Gasteiger partial charge < -0.3 is 0 Å². The quantitative estimate of drug-likeness (QED) is 0.442. The zero-order chi connectivity index (χ0) is 7.40. The maximum Gasteiger partial charge on any atom is 0.133 e. The minimum atomic E-state index is 0.500. The van der Waals surface area contributed by atoms with Crippen LogP contribution in [-0.2, 0) is 6.42 Å². The fraction of sp³-hybridized carbons (Fsp3) is 0.125. The molecule has 1 rings (SSSR count). The maximum absolute atomic E-state index is 5.70. The summed E-state index contributed by atoms with van der Waals surface area (Å²) in [6.45, 7) is 0. The third-order valence-electron chi connectivity index (χ3n) is 1.13. The minimum Gasteiger partial charge on any atom is -0.244 e. The topological polar surface area (TPSA) is 12.9 Å². The normalized spacial score (nSPS) is 8.80. The molecule has 1 heterocycles. The predicted octanol–water partition coefficient (Wildman–Crippen LogP) is 1.91. The van der Waals surface area contributed by atoms with Crippen LogP contribution in [0.25, 0.3) is 0 Å². The average molecular weight is 152 g/mol. The summed E-state index contributed by atoms with van der Waals surface area (Å²) in [5.74, 6) is 2.50. The van der Waals surface area contributed by atoms with E-state index in [2.05, 4.69) is 10.9 Å². The highest BCUT2D eigenvalue weighted by atomic mass is 35.5. The van der Waals surface area contributed by atoms with Gasteiger partial charge in [-0.15, -0.1) is 12.3 Å². The number of terminal acetylenes is 1. The number of nitrogens with zero attached hydrogens (tertiary/aromatic N) is 1. The number of hydrogen-bond donors (Lipinski definition) is 0. The Hall–Kier alpha value is -1.00. The van der Waals surface area contributed by atoms with Gasteiger partial charge in [0.05, 0.1) is 0 Å². The Kier molecular flexibility index (Phi) is 2.30. The molecule has 0 amide bonds. The predicted molar refractivity (Wildman–Crippen MR) is 41.8 cm³/mol. The van der Waals surface area contributed by atoms with E-state index in [1.165, 1.54) is 0 Å². The van der Waals surface area contributed by atoms with E-state index in [0.717, 1.165) is 5.56 Å². The number of pyridine rings is 1. The fourth-order valence-corrected chi connectivity index (χ4v) is 0.847. The van der Waals surface area contributed by atoms with Gasteiger partial charge in [0, 0.05) is 18.2 Å². The van der Waals surface area contributed by atoms with Crippen LogP contribution in [0.2, 0.25) is 5.15 Å². The highest BCUT2D eigenvalue weighted by Crippen LogP contribution is 2.10. The van der Waals surface area contributed by atoms with Gasteiger partial charge in [-0.3, -0.25) is 0 Å². The summed E-state index contributed by atoms with van der Waals surface area (Å²) in [6.07, 6.45) is 7.28. The van der Waals surface area contributed by atoms with Gasteiger partial charge in [0.25, 0.3) is 0 Å². The Balaban J connectivity index is 2.94. The molecule has 0 aromatic carbocycles. The molecule has 0 saturated heterocycles. The second-order valence-electron chi connectivity index (χ2n) is 1.83. The van der Waals surface area contributed by atoms with Crippen LogP contribution in [0.5, 0.6) is 0 Å². The lowest BCUT2D eigenvalue weighted by atomic mass is 10.2. The summed E-state index contributed by atoms with van der Waals surface area (Å²) in [6, 6.07) is 3.69. The molecular formula is C8H6ClN. The summed E-state index contributed by atoms with van der Waals surface area (Å²) in [5, 5.41) is 0.500. The van der Waals surface area contributed by atoms with E-state index in [-0.39, 0.29) is 0 Å². The summed E-state index contributed by atoms with van der Waals surface area (Å²) in [7, 11) is 0. The molecule has 0 spiro atoms. The first kappa shape index (κ1) is 7.11. The summed E-state index contributed by atoms with van der Waals surface area (Å²) < 4.78 is 0. The van der Waals surface area contributed by atoms with Gasteiger partial charge in [0.15, 0.2) is 0 Å². The highest BCUT2D eigenvalue weighted by molar-refractivity contribution is 6.30. The first-order valence-corrected chi connectivity index (χ1v) is 3.25. The zero-order valence-corrected chi connectivity index (χ0v) is 6.10. The summed E-state index contributed by atoms with van der Waals surface area (Å²) >= 11 is 5.70. The van der Waals surface area contributed by atoms with E-state index < -0.39 is 0 Å². The van der Waals surface area contributed by atoms with E-state index in [1.807, 2.05) is 12.1 Å². The monoisotopic (exact) mass is 151 g/mol. The van der Waals surface area contributed by atoms with Crippen molar-refractivity contribution in [1.29, 1.82) is 0 Å². The molecule has 0 fully saturated rings. The molecule has 0 unspecified atom stereocenters. The van der Waals surface area contributed by atoms with Gasteiger partial charge in [0.2, 0.25) is 0 Å². The molecule has 0 aliphatic carbocycles. The lowest BCUT2D eigenvalue weighted by Crippen LogP contribution is -1.84. The molecule has 0 N–H and O–H groups in total. The second kappa shape index (κ2) is 3.24. The van der Waals surface area contributed by atoms with Gasteiger partial charge in [0.1, 0.15) is 5.15 Å². The number of halogens is 1. The van der Waals surface area contributed by atoms with Crippen molar-refractivity contribution in [3.8, 4) is 12.3 Å². The van der Waals surface area contributed by atoms with Crippen molar-refractivity contribution >= 4 is 11.6 Å². The van der Waals surface area contributed by atoms with E-state index >= 15 is 0 Å². The van der Waals surface area contributed by atoms with Crippen LogP contribution in [0.1, 0.15) is 5.56 Å². The molecular weight excluding hydrogens is 146 g/mol. The van der Waals surface area contributed by atoms with E-state index in [0.29, 0.717) is 11.6 Å². The van der Waals surface area contributed by atoms with Crippen molar-refractivity contribution < 1.29 is 0 Å². The first-order chi connectivity index (χ1) is 4.84. The Morgan fingerprint density at radius 3 is 3.10 bits per heavy atom. The van der Waals surface area contributed by atoms with Crippen molar-refractivity contribution in [3.63, 3.8) is 0 Å². The molecule has 1 nitrogen and oxygen atoms in total. The van der Waals surface area contributed by atoms with E-state index in [1.54, 1.807) is 6.20 Å².